The first-order valence-electron chi connectivity index (χ1n) is 9.64. The summed E-state index contributed by atoms with van der Waals surface area (Å²) in [6.45, 7) is 5.31. The Bertz CT molecular complexity index is 1010. The standard InChI is InChI=1S/C21H25FN4O3S/c1-16-3-9-20(10-4-16)30(28,29)26-13-11-25(12-14-26)15-21(27)24-23-17(2)18-5-7-19(22)8-6-18/h3-10H,11-15H2,1-2H3,(H,24,27)/b23-17+. The van der Waals surface area contributed by atoms with Gasteiger partial charge in [0.15, 0.2) is 0 Å². The lowest BCUT2D eigenvalue weighted by Gasteiger charge is -2.33. The van der Waals surface area contributed by atoms with Crippen molar-refractivity contribution in [2.24, 2.45) is 5.10 Å². The van der Waals surface area contributed by atoms with Crippen LogP contribution in [-0.2, 0) is 14.8 Å². The second-order valence-corrected chi connectivity index (χ2v) is 9.17. The van der Waals surface area contributed by atoms with E-state index >= 15 is 0 Å². The third kappa shape index (κ3) is 5.50. The zero-order valence-electron chi connectivity index (χ0n) is 17.0. The number of hydrogen-bond acceptors (Lipinski definition) is 5. The minimum atomic E-state index is -3.53. The van der Waals surface area contributed by atoms with Crippen LogP contribution in [0.4, 0.5) is 4.39 Å². The number of amides is 1. The molecule has 0 radical (unpaired) electrons. The molecule has 160 valence electrons. The number of nitrogens with one attached hydrogen (secondary N) is 1. The summed E-state index contributed by atoms with van der Waals surface area (Å²) in [4.78, 5) is 14.4. The van der Waals surface area contributed by atoms with Crippen LogP contribution in [-0.4, -0.2) is 62.0 Å². The Morgan fingerprint density at radius 1 is 1.03 bits per heavy atom. The fraction of sp³-hybridized carbons (Fsp3) is 0.333. The molecule has 0 spiro atoms. The molecule has 7 nitrogen and oxygen atoms in total. The van der Waals surface area contributed by atoms with Crippen LogP contribution in [0.25, 0.3) is 0 Å². The van der Waals surface area contributed by atoms with Crippen molar-refractivity contribution in [1.82, 2.24) is 14.6 Å². The van der Waals surface area contributed by atoms with Crippen LogP contribution < -0.4 is 5.43 Å². The molecule has 0 saturated carbocycles. The van der Waals surface area contributed by atoms with Gasteiger partial charge in [-0.05, 0) is 43.7 Å². The second-order valence-electron chi connectivity index (χ2n) is 7.23. The van der Waals surface area contributed by atoms with Crippen molar-refractivity contribution in [3.8, 4) is 0 Å². The molecular weight excluding hydrogens is 407 g/mol. The van der Waals surface area contributed by atoms with E-state index in [2.05, 4.69) is 10.5 Å². The quantitative estimate of drug-likeness (QED) is 0.559. The SMILES string of the molecule is C/C(=N\NC(=O)CN1CCN(S(=O)(=O)c2ccc(C)cc2)CC1)c1ccc(F)cc1. The van der Waals surface area contributed by atoms with E-state index in [0.29, 0.717) is 37.5 Å². The van der Waals surface area contributed by atoms with Crippen molar-refractivity contribution >= 4 is 21.6 Å². The number of carbonyl (C=O) groups excluding carboxylic acids is 1. The minimum Gasteiger partial charge on any atom is -0.292 e. The lowest BCUT2D eigenvalue weighted by atomic mass is 10.1. The van der Waals surface area contributed by atoms with Gasteiger partial charge in [0.05, 0.1) is 17.2 Å². The monoisotopic (exact) mass is 432 g/mol. The number of aryl methyl sites for hydroxylation is 1. The molecule has 9 heteroatoms. The van der Waals surface area contributed by atoms with E-state index in [-0.39, 0.29) is 23.2 Å². The van der Waals surface area contributed by atoms with Gasteiger partial charge >= 0.3 is 0 Å². The van der Waals surface area contributed by atoms with Crippen molar-refractivity contribution in [1.29, 1.82) is 0 Å². The Kier molecular flexibility index (Phi) is 6.96. The van der Waals surface area contributed by atoms with Crippen LogP contribution >= 0.6 is 0 Å². The largest absolute Gasteiger partial charge is 0.292 e. The molecule has 1 N–H and O–H groups in total. The van der Waals surface area contributed by atoms with E-state index in [1.165, 1.54) is 16.4 Å². The average Bonchev–Trinajstić information content (AvgIpc) is 2.73. The molecule has 0 atom stereocenters. The van der Waals surface area contributed by atoms with Gasteiger partial charge in [0.25, 0.3) is 5.91 Å². The number of hydrogen-bond donors (Lipinski definition) is 1. The van der Waals surface area contributed by atoms with Crippen molar-refractivity contribution < 1.29 is 17.6 Å². The molecule has 2 aromatic rings. The van der Waals surface area contributed by atoms with Crippen LogP contribution in [0.3, 0.4) is 0 Å². The number of sulfonamides is 1. The molecule has 30 heavy (non-hydrogen) atoms. The van der Waals surface area contributed by atoms with Gasteiger partial charge in [0.2, 0.25) is 10.0 Å². The summed E-state index contributed by atoms with van der Waals surface area (Å²) < 4.78 is 39.9. The molecular formula is C21H25FN4O3S. The Hall–Kier alpha value is -2.62. The van der Waals surface area contributed by atoms with Crippen molar-refractivity contribution in [2.45, 2.75) is 18.7 Å². The maximum absolute atomic E-state index is 13.0. The molecule has 1 heterocycles. The summed E-state index contributed by atoms with van der Waals surface area (Å²) in [7, 11) is -3.53. The van der Waals surface area contributed by atoms with E-state index < -0.39 is 10.0 Å². The molecule has 0 aliphatic carbocycles. The highest BCUT2D eigenvalue weighted by atomic mass is 32.2. The zero-order valence-corrected chi connectivity index (χ0v) is 17.8. The third-order valence-electron chi connectivity index (χ3n) is 4.97. The molecule has 1 aliphatic heterocycles. The molecule has 1 amide bonds. The third-order valence-corrected chi connectivity index (χ3v) is 6.88. The molecule has 3 rings (SSSR count). The van der Waals surface area contributed by atoms with E-state index in [4.69, 9.17) is 0 Å². The van der Waals surface area contributed by atoms with Gasteiger partial charge in [0.1, 0.15) is 5.82 Å². The Morgan fingerprint density at radius 2 is 1.63 bits per heavy atom. The number of nitrogens with zero attached hydrogens (tertiary/aromatic N) is 3. The average molecular weight is 433 g/mol. The van der Waals surface area contributed by atoms with E-state index in [0.717, 1.165) is 5.56 Å². The van der Waals surface area contributed by atoms with Gasteiger partial charge in [-0.2, -0.15) is 9.41 Å². The van der Waals surface area contributed by atoms with Crippen LogP contribution in [0.1, 0.15) is 18.1 Å². The molecule has 1 saturated heterocycles. The Labute approximate surface area is 176 Å². The van der Waals surface area contributed by atoms with Crippen LogP contribution in [0.5, 0.6) is 0 Å². The minimum absolute atomic E-state index is 0.124. The highest BCUT2D eigenvalue weighted by molar-refractivity contribution is 7.89. The molecule has 1 fully saturated rings. The number of carbonyl (C=O) groups is 1. The highest BCUT2D eigenvalue weighted by Crippen LogP contribution is 2.18. The molecule has 1 aliphatic rings. The topological polar surface area (TPSA) is 82.1 Å². The van der Waals surface area contributed by atoms with E-state index in [1.807, 2.05) is 11.8 Å². The van der Waals surface area contributed by atoms with Gasteiger partial charge in [-0.3, -0.25) is 9.69 Å². The van der Waals surface area contributed by atoms with Crippen molar-refractivity contribution in [3.63, 3.8) is 0 Å². The second kappa shape index (κ2) is 9.46. The van der Waals surface area contributed by atoms with Crippen LogP contribution in [0, 0.1) is 12.7 Å². The van der Waals surface area contributed by atoms with Gasteiger partial charge in [-0.25, -0.2) is 18.2 Å². The maximum atomic E-state index is 13.0. The van der Waals surface area contributed by atoms with Crippen molar-refractivity contribution in [3.05, 3.63) is 65.5 Å². The summed E-state index contributed by atoms with van der Waals surface area (Å²) in [5.74, 6) is -0.620. The van der Waals surface area contributed by atoms with E-state index in [1.54, 1.807) is 43.3 Å². The Morgan fingerprint density at radius 3 is 2.23 bits per heavy atom. The first-order valence-corrected chi connectivity index (χ1v) is 11.1. The van der Waals surface area contributed by atoms with E-state index in [9.17, 15) is 17.6 Å². The van der Waals surface area contributed by atoms with Gasteiger partial charge in [-0.15, -0.1) is 0 Å². The fourth-order valence-corrected chi connectivity index (χ4v) is 4.55. The van der Waals surface area contributed by atoms with Crippen molar-refractivity contribution in [2.75, 3.05) is 32.7 Å². The first-order chi connectivity index (χ1) is 14.3. The highest BCUT2D eigenvalue weighted by Gasteiger charge is 2.28. The summed E-state index contributed by atoms with van der Waals surface area (Å²) in [6, 6.07) is 12.6. The predicted octanol–water partition coefficient (Wildman–Crippen LogP) is 1.98. The molecule has 2 aromatic carbocycles. The van der Waals surface area contributed by atoms with Crippen LogP contribution in [0.2, 0.25) is 0 Å². The lowest BCUT2D eigenvalue weighted by Crippen LogP contribution is -2.50. The summed E-state index contributed by atoms with van der Waals surface area (Å²) >= 11 is 0. The molecule has 0 aromatic heterocycles. The zero-order chi connectivity index (χ0) is 21.7. The number of piperazine rings is 1. The predicted molar refractivity (Wildman–Crippen MR) is 113 cm³/mol. The number of halogens is 1. The number of hydrazone groups is 1. The summed E-state index contributed by atoms with van der Waals surface area (Å²) in [5.41, 5.74) is 4.78. The fourth-order valence-electron chi connectivity index (χ4n) is 3.13. The lowest BCUT2D eigenvalue weighted by molar-refractivity contribution is -0.122. The smallest absolute Gasteiger partial charge is 0.254 e. The van der Waals surface area contributed by atoms with Crippen LogP contribution in [0.15, 0.2) is 58.5 Å². The molecule has 0 unspecified atom stereocenters. The summed E-state index contributed by atoms with van der Waals surface area (Å²) in [5, 5.41) is 4.05. The number of rotatable bonds is 6. The van der Waals surface area contributed by atoms with Gasteiger partial charge < -0.3 is 0 Å². The maximum Gasteiger partial charge on any atom is 0.254 e. The first kappa shape index (κ1) is 22.1. The van der Waals surface area contributed by atoms with Gasteiger partial charge in [-0.1, -0.05) is 29.8 Å². The molecule has 0 bridgehead atoms. The normalized spacial score (nSPS) is 16.4. The van der Waals surface area contributed by atoms with Gasteiger partial charge in [0, 0.05) is 26.2 Å². The Balaban J connectivity index is 1.50. The summed E-state index contributed by atoms with van der Waals surface area (Å²) in [6.07, 6.45) is 0. The number of benzene rings is 2.